The van der Waals surface area contributed by atoms with Crippen LogP contribution >= 0.6 is 11.8 Å². The molecule has 0 aliphatic carbocycles. The Morgan fingerprint density at radius 1 is 1.69 bits per heavy atom. The van der Waals surface area contributed by atoms with Crippen molar-refractivity contribution in [1.29, 1.82) is 0 Å². The zero-order valence-corrected chi connectivity index (χ0v) is 8.93. The van der Waals surface area contributed by atoms with Crippen LogP contribution in [0.1, 0.15) is 26.7 Å². The Kier molecular flexibility index (Phi) is 3.24. The first-order chi connectivity index (χ1) is 5.94. The molecule has 1 rings (SSSR count). The van der Waals surface area contributed by atoms with E-state index in [4.69, 9.17) is 5.73 Å². The van der Waals surface area contributed by atoms with Crippen molar-refractivity contribution >= 4 is 17.7 Å². The number of hydrogen-bond donors (Lipinski definition) is 2. The Labute approximate surface area is 83.1 Å². The molecule has 0 bridgehead atoms. The van der Waals surface area contributed by atoms with E-state index in [0.29, 0.717) is 11.7 Å². The standard InChI is InChI=1S/C9H17NO2S/c1-6-5-13-7(2)3-9(6,12)4-8(10)11/h6-7,12H,3-5H2,1-2H3,(H2,10,11). The molecule has 0 radical (unpaired) electrons. The van der Waals surface area contributed by atoms with Crippen LogP contribution in [-0.4, -0.2) is 27.6 Å². The molecule has 1 aliphatic rings. The van der Waals surface area contributed by atoms with Crippen molar-refractivity contribution in [3.8, 4) is 0 Å². The van der Waals surface area contributed by atoms with E-state index < -0.39 is 11.5 Å². The Balaban J connectivity index is 2.66. The van der Waals surface area contributed by atoms with E-state index in [-0.39, 0.29) is 12.3 Å². The Bertz CT molecular complexity index is 210. The lowest BCUT2D eigenvalue weighted by molar-refractivity contribution is -0.125. The number of rotatable bonds is 2. The molecule has 3 N–H and O–H groups in total. The number of carbonyl (C=O) groups excluding carboxylic acids is 1. The summed E-state index contributed by atoms with van der Waals surface area (Å²) in [6, 6.07) is 0. The van der Waals surface area contributed by atoms with Gasteiger partial charge < -0.3 is 10.8 Å². The third kappa shape index (κ3) is 2.61. The summed E-state index contributed by atoms with van der Waals surface area (Å²) in [5, 5.41) is 10.6. The average Bonchev–Trinajstić information content (AvgIpc) is 1.95. The van der Waals surface area contributed by atoms with Gasteiger partial charge in [-0.1, -0.05) is 13.8 Å². The van der Waals surface area contributed by atoms with Crippen LogP contribution in [0.5, 0.6) is 0 Å². The first kappa shape index (κ1) is 10.9. The molecular formula is C9H17NO2S. The van der Waals surface area contributed by atoms with Crippen LogP contribution in [0.3, 0.4) is 0 Å². The van der Waals surface area contributed by atoms with Gasteiger partial charge in [-0.3, -0.25) is 4.79 Å². The Hall–Kier alpha value is -0.220. The molecule has 13 heavy (non-hydrogen) atoms. The number of thioether (sulfide) groups is 1. The predicted octanol–water partition coefficient (Wildman–Crippen LogP) is 0.754. The van der Waals surface area contributed by atoms with Crippen LogP contribution in [0.25, 0.3) is 0 Å². The lowest BCUT2D eigenvalue weighted by Gasteiger charge is -2.39. The van der Waals surface area contributed by atoms with Crippen molar-refractivity contribution in [3.63, 3.8) is 0 Å². The summed E-state index contributed by atoms with van der Waals surface area (Å²) < 4.78 is 0. The minimum atomic E-state index is -0.865. The van der Waals surface area contributed by atoms with Crippen LogP contribution in [0.15, 0.2) is 0 Å². The molecule has 0 saturated carbocycles. The minimum Gasteiger partial charge on any atom is -0.389 e. The van der Waals surface area contributed by atoms with Gasteiger partial charge in [-0.2, -0.15) is 11.8 Å². The first-order valence-electron chi connectivity index (χ1n) is 4.56. The molecular weight excluding hydrogens is 186 g/mol. The van der Waals surface area contributed by atoms with Gasteiger partial charge in [-0.25, -0.2) is 0 Å². The van der Waals surface area contributed by atoms with Crippen LogP contribution in [0.2, 0.25) is 0 Å². The summed E-state index contributed by atoms with van der Waals surface area (Å²) in [4.78, 5) is 10.8. The van der Waals surface area contributed by atoms with Crippen molar-refractivity contribution in [2.45, 2.75) is 37.5 Å². The molecule has 1 aliphatic heterocycles. The molecule has 1 fully saturated rings. The second-order valence-corrected chi connectivity index (χ2v) is 5.47. The van der Waals surface area contributed by atoms with E-state index in [1.54, 1.807) is 0 Å². The van der Waals surface area contributed by atoms with Gasteiger partial charge in [-0.05, 0) is 18.1 Å². The SMILES string of the molecule is CC1CC(O)(CC(N)=O)C(C)CS1. The fraction of sp³-hybridized carbons (Fsp3) is 0.889. The van der Waals surface area contributed by atoms with Gasteiger partial charge in [0, 0.05) is 5.25 Å². The molecule has 3 unspecified atom stereocenters. The van der Waals surface area contributed by atoms with Crippen molar-refractivity contribution in [1.82, 2.24) is 0 Å². The van der Waals surface area contributed by atoms with Crippen molar-refractivity contribution in [3.05, 3.63) is 0 Å². The highest BCUT2D eigenvalue weighted by molar-refractivity contribution is 7.99. The average molecular weight is 203 g/mol. The highest BCUT2D eigenvalue weighted by atomic mass is 32.2. The topological polar surface area (TPSA) is 63.3 Å². The fourth-order valence-electron chi connectivity index (χ4n) is 1.77. The largest absolute Gasteiger partial charge is 0.389 e. The van der Waals surface area contributed by atoms with E-state index >= 15 is 0 Å². The second-order valence-electron chi connectivity index (χ2n) is 4.00. The predicted molar refractivity (Wildman–Crippen MR) is 54.5 cm³/mol. The van der Waals surface area contributed by atoms with Crippen molar-refractivity contribution in [2.75, 3.05) is 5.75 Å². The fourth-order valence-corrected chi connectivity index (χ4v) is 3.10. The zero-order chi connectivity index (χ0) is 10.1. The van der Waals surface area contributed by atoms with E-state index in [1.165, 1.54) is 0 Å². The smallest absolute Gasteiger partial charge is 0.220 e. The number of carbonyl (C=O) groups is 1. The molecule has 1 saturated heterocycles. The molecule has 3 atom stereocenters. The lowest BCUT2D eigenvalue weighted by Crippen LogP contribution is -2.46. The monoisotopic (exact) mass is 203 g/mol. The van der Waals surface area contributed by atoms with Gasteiger partial charge in [-0.15, -0.1) is 0 Å². The molecule has 0 aromatic rings. The molecule has 4 heteroatoms. The lowest BCUT2D eigenvalue weighted by atomic mass is 9.82. The maximum Gasteiger partial charge on any atom is 0.220 e. The molecule has 0 aromatic heterocycles. The normalized spacial score (nSPS) is 40.2. The van der Waals surface area contributed by atoms with Gasteiger partial charge in [0.05, 0.1) is 12.0 Å². The number of aliphatic hydroxyl groups is 1. The molecule has 1 heterocycles. The summed E-state index contributed by atoms with van der Waals surface area (Å²) in [6.45, 7) is 4.05. The maximum atomic E-state index is 10.8. The zero-order valence-electron chi connectivity index (χ0n) is 8.12. The Morgan fingerprint density at radius 3 is 2.85 bits per heavy atom. The number of hydrogen-bond acceptors (Lipinski definition) is 3. The van der Waals surface area contributed by atoms with E-state index in [1.807, 2.05) is 18.7 Å². The highest BCUT2D eigenvalue weighted by Gasteiger charge is 2.40. The van der Waals surface area contributed by atoms with E-state index in [2.05, 4.69) is 6.92 Å². The quantitative estimate of drug-likeness (QED) is 0.696. The second kappa shape index (κ2) is 3.88. The molecule has 3 nitrogen and oxygen atoms in total. The summed E-state index contributed by atoms with van der Waals surface area (Å²) in [5.41, 5.74) is 4.25. The summed E-state index contributed by atoms with van der Waals surface area (Å²) in [6.07, 6.45) is 0.765. The van der Waals surface area contributed by atoms with Gasteiger partial charge in [0.25, 0.3) is 0 Å². The van der Waals surface area contributed by atoms with Crippen molar-refractivity contribution in [2.24, 2.45) is 11.7 Å². The van der Waals surface area contributed by atoms with Crippen LogP contribution in [0, 0.1) is 5.92 Å². The summed E-state index contributed by atoms with van der Waals surface area (Å²) in [7, 11) is 0. The number of primary amides is 1. The van der Waals surface area contributed by atoms with Gasteiger partial charge in [0.1, 0.15) is 0 Å². The van der Waals surface area contributed by atoms with E-state index in [0.717, 1.165) is 5.75 Å². The number of nitrogens with two attached hydrogens (primary N) is 1. The first-order valence-corrected chi connectivity index (χ1v) is 5.61. The molecule has 0 aromatic carbocycles. The molecule has 0 spiro atoms. The van der Waals surface area contributed by atoms with Crippen LogP contribution in [0.4, 0.5) is 0 Å². The van der Waals surface area contributed by atoms with Gasteiger partial charge >= 0.3 is 0 Å². The minimum absolute atomic E-state index is 0.0963. The summed E-state index contributed by atoms with van der Waals surface area (Å²) >= 11 is 1.84. The van der Waals surface area contributed by atoms with Gasteiger partial charge in [0.2, 0.25) is 5.91 Å². The maximum absolute atomic E-state index is 10.8. The van der Waals surface area contributed by atoms with Crippen molar-refractivity contribution < 1.29 is 9.90 Å². The summed E-state index contributed by atoms with van der Waals surface area (Å²) in [5.74, 6) is 0.653. The van der Waals surface area contributed by atoms with Crippen LogP contribution < -0.4 is 5.73 Å². The van der Waals surface area contributed by atoms with Gasteiger partial charge in [0.15, 0.2) is 0 Å². The number of amides is 1. The third-order valence-corrected chi connectivity index (χ3v) is 4.10. The molecule has 76 valence electrons. The van der Waals surface area contributed by atoms with Crippen LogP contribution in [-0.2, 0) is 4.79 Å². The highest BCUT2D eigenvalue weighted by Crippen LogP contribution is 2.38. The third-order valence-electron chi connectivity index (χ3n) is 2.67. The molecule has 1 amide bonds. The van der Waals surface area contributed by atoms with E-state index in [9.17, 15) is 9.90 Å². The Morgan fingerprint density at radius 2 is 2.31 bits per heavy atom.